The molecule has 1 aromatic rings. The van der Waals surface area contributed by atoms with E-state index in [1.165, 1.54) is 0 Å². The molecule has 0 fully saturated rings. The summed E-state index contributed by atoms with van der Waals surface area (Å²) in [7, 11) is 0. The van der Waals surface area contributed by atoms with E-state index in [0.717, 1.165) is 14.7 Å². The largest absolute Gasteiger partial charge is 0.482 e. The molecule has 1 aliphatic heterocycles. The maximum Gasteiger partial charge on any atom is 0.410 e. The highest BCUT2D eigenvalue weighted by Crippen LogP contribution is 2.34. The van der Waals surface area contributed by atoms with Crippen LogP contribution in [0.1, 0.15) is 6.92 Å². The molecule has 1 unspecified atom stereocenters. The lowest BCUT2D eigenvalue weighted by Gasteiger charge is -2.28. The van der Waals surface area contributed by atoms with Crippen LogP contribution in [0, 0.1) is 0 Å². The van der Waals surface area contributed by atoms with E-state index in [1.54, 1.807) is 11.8 Å². The van der Waals surface area contributed by atoms with Crippen LogP contribution >= 0.6 is 31.9 Å². The van der Waals surface area contributed by atoms with Crippen molar-refractivity contribution in [3.8, 4) is 5.75 Å². The second kappa shape index (κ2) is 7.13. The number of para-hydroxylation sites is 1. The molecule has 1 heterocycles. The van der Waals surface area contributed by atoms with Crippen molar-refractivity contribution >= 4 is 38.0 Å². The van der Waals surface area contributed by atoms with Crippen LogP contribution in [-0.4, -0.2) is 36.8 Å². The molecule has 0 saturated heterocycles. The summed E-state index contributed by atoms with van der Waals surface area (Å²) in [5, 5.41) is 0. The van der Waals surface area contributed by atoms with E-state index in [0.29, 0.717) is 19.7 Å². The highest BCUT2D eigenvalue weighted by molar-refractivity contribution is 9.11. The third-order valence-electron chi connectivity index (χ3n) is 2.79. The number of amides is 1. The van der Waals surface area contributed by atoms with E-state index in [-0.39, 0.29) is 12.2 Å². The molecule has 0 bridgehead atoms. The molecule has 108 valence electrons. The fraction of sp³-hybridized carbons (Fsp3) is 0.357. The predicted molar refractivity (Wildman–Crippen MR) is 84.0 cm³/mol. The maximum absolute atomic E-state index is 11.7. The zero-order valence-corrected chi connectivity index (χ0v) is 14.2. The van der Waals surface area contributed by atoms with Crippen LogP contribution in [0.5, 0.6) is 5.75 Å². The standard InChI is InChI=1S/C14H15Br2NO3/c1-2-19-14(18)17-8-4-5-10(9-17)20-13-11(15)6-3-7-12(13)16/h3-7,10H,2,8-9H2,1H3. The minimum Gasteiger partial charge on any atom is -0.482 e. The van der Waals surface area contributed by atoms with E-state index >= 15 is 0 Å². The SMILES string of the molecule is CCOC(=O)N1CC=CC(Oc2c(Br)cccc2Br)C1. The summed E-state index contributed by atoms with van der Waals surface area (Å²) < 4.78 is 12.7. The number of hydrogen-bond donors (Lipinski definition) is 0. The monoisotopic (exact) mass is 403 g/mol. The number of carbonyl (C=O) groups excluding carboxylic acids is 1. The molecule has 1 aliphatic rings. The van der Waals surface area contributed by atoms with Crippen molar-refractivity contribution in [3.63, 3.8) is 0 Å². The van der Waals surface area contributed by atoms with E-state index < -0.39 is 0 Å². The highest BCUT2D eigenvalue weighted by Gasteiger charge is 2.23. The number of halogens is 2. The average Bonchev–Trinajstić information content (AvgIpc) is 2.44. The zero-order chi connectivity index (χ0) is 14.5. The minimum absolute atomic E-state index is 0.192. The Bertz CT molecular complexity index is 499. The summed E-state index contributed by atoms with van der Waals surface area (Å²) >= 11 is 6.92. The molecule has 6 heteroatoms. The summed E-state index contributed by atoms with van der Waals surface area (Å²) in [6, 6.07) is 5.74. The van der Waals surface area contributed by atoms with Gasteiger partial charge in [-0.2, -0.15) is 0 Å². The van der Waals surface area contributed by atoms with Gasteiger partial charge >= 0.3 is 6.09 Å². The first-order chi connectivity index (χ1) is 9.61. The van der Waals surface area contributed by atoms with Gasteiger partial charge in [-0.1, -0.05) is 12.1 Å². The Morgan fingerprint density at radius 2 is 2.10 bits per heavy atom. The molecule has 4 nitrogen and oxygen atoms in total. The minimum atomic E-state index is -0.309. The predicted octanol–water partition coefficient (Wildman–Crippen LogP) is 3.99. The fourth-order valence-corrected chi connectivity index (χ4v) is 3.06. The Kier molecular flexibility index (Phi) is 5.48. The Hall–Kier alpha value is -1.01. The number of ether oxygens (including phenoxy) is 2. The van der Waals surface area contributed by atoms with Gasteiger partial charge in [-0.05, 0) is 57.0 Å². The van der Waals surface area contributed by atoms with Crippen molar-refractivity contribution in [2.75, 3.05) is 19.7 Å². The highest BCUT2D eigenvalue weighted by atomic mass is 79.9. The number of benzene rings is 1. The van der Waals surface area contributed by atoms with Crippen molar-refractivity contribution in [1.82, 2.24) is 4.90 Å². The van der Waals surface area contributed by atoms with Crippen molar-refractivity contribution in [3.05, 3.63) is 39.3 Å². The maximum atomic E-state index is 11.7. The molecule has 1 atom stereocenters. The molecule has 0 aliphatic carbocycles. The Labute approximate surface area is 135 Å². The lowest BCUT2D eigenvalue weighted by Crippen LogP contribution is -2.42. The Balaban J connectivity index is 2.05. The first kappa shape index (κ1) is 15.4. The van der Waals surface area contributed by atoms with Crippen molar-refractivity contribution in [2.24, 2.45) is 0 Å². The van der Waals surface area contributed by atoms with Crippen molar-refractivity contribution in [1.29, 1.82) is 0 Å². The molecular formula is C14H15Br2NO3. The van der Waals surface area contributed by atoms with Gasteiger partial charge in [0.1, 0.15) is 11.9 Å². The van der Waals surface area contributed by atoms with E-state index in [2.05, 4.69) is 31.9 Å². The first-order valence-electron chi connectivity index (χ1n) is 6.31. The van der Waals surface area contributed by atoms with Gasteiger partial charge in [-0.15, -0.1) is 0 Å². The number of rotatable bonds is 3. The Morgan fingerprint density at radius 1 is 1.40 bits per heavy atom. The average molecular weight is 405 g/mol. The van der Waals surface area contributed by atoms with Gasteiger partial charge in [0.25, 0.3) is 0 Å². The summed E-state index contributed by atoms with van der Waals surface area (Å²) in [5.41, 5.74) is 0. The third kappa shape index (κ3) is 3.76. The van der Waals surface area contributed by atoms with Crippen LogP contribution in [-0.2, 0) is 4.74 Å². The molecular weight excluding hydrogens is 390 g/mol. The lowest BCUT2D eigenvalue weighted by molar-refractivity contribution is 0.0926. The number of hydrogen-bond acceptors (Lipinski definition) is 3. The van der Waals surface area contributed by atoms with E-state index in [4.69, 9.17) is 9.47 Å². The van der Waals surface area contributed by atoms with Gasteiger partial charge in [-0.25, -0.2) is 4.79 Å². The van der Waals surface area contributed by atoms with Crippen LogP contribution in [0.15, 0.2) is 39.3 Å². The summed E-state index contributed by atoms with van der Waals surface area (Å²) in [6.45, 7) is 3.20. The fourth-order valence-electron chi connectivity index (χ4n) is 1.88. The third-order valence-corrected chi connectivity index (χ3v) is 4.04. The van der Waals surface area contributed by atoms with Crippen LogP contribution in [0.4, 0.5) is 4.79 Å². The molecule has 20 heavy (non-hydrogen) atoms. The Morgan fingerprint density at radius 3 is 2.75 bits per heavy atom. The van der Waals surface area contributed by atoms with E-state index in [9.17, 15) is 4.79 Å². The first-order valence-corrected chi connectivity index (χ1v) is 7.89. The number of carbonyl (C=O) groups is 1. The molecule has 2 rings (SSSR count). The molecule has 0 aromatic heterocycles. The molecule has 1 amide bonds. The van der Waals surface area contributed by atoms with Crippen molar-refractivity contribution < 1.29 is 14.3 Å². The quantitative estimate of drug-likeness (QED) is 0.715. The number of nitrogens with zero attached hydrogens (tertiary/aromatic N) is 1. The molecule has 0 radical (unpaired) electrons. The van der Waals surface area contributed by atoms with Gasteiger partial charge in [-0.3, -0.25) is 0 Å². The summed E-state index contributed by atoms with van der Waals surface area (Å²) in [6.07, 6.45) is 3.37. The van der Waals surface area contributed by atoms with Crippen molar-refractivity contribution in [2.45, 2.75) is 13.0 Å². The van der Waals surface area contributed by atoms with Gasteiger partial charge < -0.3 is 14.4 Å². The second-order valence-electron chi connectivity index (χ2n) is 4.24. The van der Waals surface area contributed by atoms with Gasteiger partial charge in [0.15, 0.2) is 0 Å². The topological polar surface area (TPSA) is 38.8 Å². The van der Waals surface area contributed by atoms with Crippen LogP contribution in [0.2, 0.25) is 0 Å². The zero-order valence-electron chi connectivity index (χ0n) is 11.0. The second-order valence-corrected chi connectivity index (χ2v) is 5.95. The molecule has 0 saturated carbocycles. The van der Waals surface area contributed by atoms with Crippen LogP contribution < -0.4 is 4.74 Å². The van der Waals surface area contributed by atoms with Gasteiger partial charge in [0, 0.05) is 6.54 Å². The summed E-state index contributed by atoms with van der Waals surface area (Å²) in [4.78, 5) is 13.3. The molecule has 0 spiro atoms. The normalized spacial score (nSPS) is 17.9. The molecule has 0 N–H and O–H groups in total. The smallest absolute Gasteiger partial charge is 0.410 e. The van der Waals surface area contributed by atoms with Crippen LogP contribution in [0.25, 0.3) is 0 Å². The van der Waals surface area contributed by atoms with Gasteiger partial charge in [0.05, 0.1) is 22.1 Å². The molecule has 1 aromatic carbocycles. The lowest BCUT2D eigenvalue weighted by atomic mass is 10.2. The summed E-state index contributed by atoms with van der Waals surface area (Å²) in [5.74, 6) is 0.729. The van der Waals surface area contributed by atoms with E-state index in [1.807, 2.05) is 30.4 Å². The van der Waals surface area contributed by atoms with Crippen LogP contribution in [0.3, 0.4) is 0 Å². The van der Waals surface area contributed by atoms with Gasteiger partial charge in [0.2, 0.25) is 0 Å².